The number of rotatable bonds is 3. The highest BCUT2D eigenvalue weighted by Gasteiger charge is 2.53. The fourth-order valence-corrected chi connectivity index (χ4v) is 2.92. The third-order valence-corrected chi connectivity index (χ3v) is 3.97. The molecule has 4 atom stereocenters. The van der Waals surface area contributed by atoms with E-state index in [4.69, 9.17) is 9.47 Å². The van der Waals surface area contributed by atoms with Gasteiger partial charge in [-0.05, 0) is 37.5 Å². The smallest absolute Gasteiger partial charge is 0.157 e. The maximum absolute atomic E-state index is 11.6. The quantitative estimate of drug-likeness (QED) is 0.712. The first-order chi connectivity index (χ1) is 7.34. The van der Waals surface area contributed by atoms with Crippen molar-refractivity contribution < 1.29 is 14.3 Å². The molecule has 3 rings (SSSR count). The zero-order chi connectivity index (χ0) is 10.3. The lowest BCUT2D eigenvalue weighted by Crippen LogP contribution is -2.27. The summed E-state index contributed by atoms with van der Waals surface area (Å²) in [4.78, 5) is 11.6. The van der Waals surface area contributed by atoms with Crippen LogP contribution in [0.15, 0.2) is 0 Å². The highest BCUT2D eigenvalue weighted by atomic mass is 16.7. The molecule has 0 bridgehead atoms. The van der Waals surface area contributed by atoms with Gasteiger partial charge in [-0.2, -0.15) is 0 Å². The Morgan fingerprint density at radius 2 is 2.33 bits per heavy atom. The van der Waals surface area contributed by atoms with Gasteiger partial charge in [0, 0.05) is 18.9 Å². The van der Waals surface area contributed by atoms with Crippen LogP contribution in [0.2, 0.25) is 0 Å². The van der Waals surface area contributed by atoms with Crippen LogP contribution in [0.5, 0.6) is 0 Å². The van der Waals surface area contributed by atoms with Crippen LogP contribution >= 0.6 is 0 Å². The summed E-state index contributed by atoms with van der Waals surface area (Å²) >= 11 is 0. The van der Waals surface area contributed by atoms with Crippen molar-refractivity contribution in [3.05, 3.63) is 0 Å². The van der Waals surface area contributed by atoms with Crippen LogP contribution in [-0.4, -0.2) is 25.3 Å². The molecule has 1 heterocycles. The molecule has 1 saturated heterocycles. The van der Waals surface area contributed by atoms with Crippen molar-refractivity contribution in [1.82, 2.24) is 0 Å². The molecule has 2 saturated carbocycles. The summed E-state index contributed by atoms with van der Waals surface area (Å²) in [5.41, 5.74) is 0. The van der Waals surface area contributed by atoms with E-state index in [0.29, 0.717) is 24.2 Å². The lowest BCUT2D eigenvalue weighted by atomic mass is 10.0. The molecule has 0 aromatic rings. The number of fused-ring (bicyclic) bond motifs is 1. The number of Topliss-reactive ketones (excluding diaryl/α,β-unsaturated/α-hetero) is 1. The molecule has 0 radical (unpaired) electrons. The molecule has 84 valence electrons. The molecule has 0 amide bonds. The first kappa shape index (κ1) is 9.79. The Labute approximate surface area is 90.1 Å². The topological polar surface area (TPSA) is 35.5 Å². The Kier molecular flexibility index (Phi) is 2.53. The fourth-order valence-electron chi connectivity index (χ4n) is 2.92. The van der Waals surface area contributed by atoms with E-state index >= 15 is 0 Å². The van der Waals surface area contributed by atoms with Crippen molar-refractivity contribution in [2.75, 3.05) is 13.2 Å². The van der Waals surface area contributed by atoms with Crippen LogP contribution < -0.4 is 0 Å². The number of hydrogen-bond donors (Lipinski definition) is 0. The molecule has 4 unspecified atom stereocenters. The Bertz CT molecular complexity index is 258. The Hall–Kier alpha value is -0.410. The molecule has 3 nitrogen and oxygen atoms in total. The van der Waals surface area contributed by atoms with Gasteiger partial charge in [-0.1, -0.05) is 0 Å². The van der Waals surface area contributed by atoms with E-state index in [9.17, 15) is 4.79 Å². The zero-order valence-electron chi connectivity index (χ0n) is 8.98. The van der Waals surface area contributed by atoms with Crippen LogP contribution in [0.4, 0.5) is 0 Å². The van der Waals surface area contributed by atoms with E-state index in [1.54, 1.807) is 0 Å². The highest BCUT2D eigenvalue weighted by Crippen LogP contribution is 2.53. The molecule has 0 aromatic heterocycles. The van der Waals surface area contributed by atoms with Crippen LogP contribution in [0, 0.1) is 17.8 Å². The SMILES string of the molecule is O=C1CC2CC2C1COC1CCCCO1. The lowest BCUT2D eigenvalue weighted by Gasteiger charge is -2.24. The molecule has 0 spiro atoms. The first-order valence-corrected chi connectivity index (χ1v) is 6.10. The van der Waals surface area contributed by atoms with Crippen LogP contribution in [0.25, 0.3) is 0 Å². The third-order valence-electron chi connectivity index (χ3n) is 3.97. The van der Waals surface area contributed by atoms with Crippen LogP contribution in [0.3, 0.4) is 0 Å². The van der Waals surface area contributed by atoms with E-state index in [-0.39, 0.29) is 12.2 Å². The van der Waals surface area contributed by atoms with Crippen molar-refractivity contribution in [2.24, 2.45) is 17.8 Å². The molecule has 3 aliphatic rings. The minimum atomic E-state index is -0.0376. The van der Waals surface area contributed by atoms with Crippen molar-refractivity contribution in [3.8, 4) is 0 Å². The van der Waals surface area contributed by atoms with Gasteiger partial charge >= 0.3 is 0 Å². The predicted molar refractivity (Wildman–Crippen MR) is 54.3 cm³/mol. The summed E-state index contributed by atoms with van der Waals surface area (Å²) in [6.45, 7) is 1.42. The Morgan fingerprint density at radius 1 is 1.40 bits per heavy atom. The van der Waals surface area contributed by atoms with Gasteiger partial charge in [-0.25, -0.2) is 0 Å². The maximum Gasteiger partial charge on any atom is 0.157 e. The second kappa shape index (κ2) is 3.87. The van der Waals surface area contributed by atoms with E-state index in [1.807, 2.05) is 0 Å². The molecular formula is C12H18O3. The van der Waals surface area contributed by atoms with Crippen molar-refractivity contribution in [2.45, 2.75) is 38.4 Å². The van der Waals surface area contributed by atoms with Gasteiger partial charge in [0.25, 0.3) is 0 Å². The summed E-state index contributed by atoms with van der Waals surface area (Å²) in [6, 6.07) is 0. The molecule has 3 heteroatoms. The molecule has 0 N–H and O–H groups in total. The van der Waals surface area contributed by atoms with Crippen molar-refractivity contribution in [3.63, 3.8) is 0 Å². The normalized spacial score (nSPS) is 44.1. The summed E-state index contributed by atoms with van der Waals surface area (Å²) in [5, 5.41) is 0. The largest absolute Gasteiger partial charge is 0.353 e. The van der Waals surface area contributed by atoms with Gasteiger partial charge in [0.2, 0.25) is 0 Å². The lowest BCUT2D eigenvalue weighted by molar-refractivity contribution is -0.171. The third kappa shape index (κ3) is 1.95. The number of hydrogen-bond acceptors (Lipinski definition) is 3. The second-order valence-corrected chi connectivity index (χ2v) is 5.07. The summed E-state index contributed by atoms with van der Waals surface area (Å²) in [7, 11) is 0. The number of carbonyl (C=O) groups excluding carboxylic acids is 1. The number of ether oxygens (including phenoxy) is 2. The minimum Gasteiger partial charge on any atom is -0.353 e. The Morgan fingerprint density at radius 3 is 3.00 bits per heavy atom. The van der Waals surface area contributed by atoms with Crippen LogP contribution in [0.1, 0.15) is 32.1 Å². The molecule has 0 aromatic carbocycles. The van der Waals surface area contributed by atoms with Crippen LogP contribution in [-0.2, 0) is 14.3 Å². The average molecular weight is 210 g/mol. The van der Waals surface area contributed by atoms with E-state index in [0.717, 1.165) is 25.9 Å². The summed E-state index contributed by atoms with van der Waals surface area (Å²) < 4.78 is 11.2. The standard InChI is InChI=1S/C12H18O3/c13-11-6-8-5-9(8)10(11)7-15-12-3-1-2-4-14-12/h8-10,12H,1-7H2. The average Bonchev–Trinajstić information content (AvgIpc) is 2.93. The highest BCUT2D eigenvalue weighted by molar-refractivity contribution is 5.85. The summed E-state index contributed by atoms with van der Waals surface area (Å²) in [5.74, 6) is 1.98. The second-order valence-electron chi connectivity index (χ2n) is 5.07. The zero-order valence-corrected chi connectivity index (χ0v) is 8.98. The monoisotopic (exact) mass is 210 g/mol. The van der Waals surface area contributed by atoms with E-state index in [1.165, 1.54) is 12.8 Å². The first-order valence-electron chi connectivity index (χ1n) is 6.10. The predicted octanol–water partition coefficient (Wildman–Crippen LogP) is 1.75. The minimum absolute atomic E-state index is 0.0376. The van der Waals surface area contributed by atoms with Crippen molar-refractivity contribution in [1.29, 1.82) is 0 Å². The molecule has 2 aliphatic carbocycles. The van der Waals surface area contributed by atoms with Gasteiger partial charge in [0.1, 0.15) is 5.78 Å². The molecule has 1 aliphatic heterocycles. The fraction of sp³-hybridized carbons (Fsp3) is 0.917. The van der Waals surface area contributed by atoms with Gasteiger partial charge in [-0.3, -0.25) is 4.79 Å². The van der Waals surface area contributed by atoms with Gasteiger partial charge < -0.3 is 9.47 Å². The summed E-state index contributed by atoms with van der Waals surface area (Å²) in [6.07, 6.45) is 5.36. The maximum atomic E-state index is 11.6. The van der Waals surface area contributed by atoms with E-state index < -0.39 is 0 Å². The van der Waals surface area contributed by atoms with E-state index in [2.05, 4.69) is 0 Å². The Balaban J connectivity index is 1.46. The van der Waals surface area contributed by atoms with Crippen molar-refractivity contribution >= 4 is 5.78 Å². The van der Waals surface area contributed by atoms with Gasteiger partial charge in [0.05, 0.1) is 6.61 Å². The number of carbonyl (C=O) groups is 1. The molecular weight excluding hydrogens is 192 g/mol. The van der Waals surface area contributed by atoms with Gasteiger partial charge in [-0.15, -0.1) is 0 Å². The van der Waals surface area contributed by atoms with Gasteiger partial charge in [0.15, 0.2) is 6.29 Å². The number of ketones is 1. The molecule has 15 heavy (non-hydrogen) atoms. The molecule has 3 fully saturated rings.